The first-order valence-electron chi connectivity index (χ1n) is 46.4. The third-order valence-electron chi connectivity index (χ3n) is 27.0. The third-order valence-corrected chi connectivity index (χ3v) is 29.4. The second-order valence-electron chi connectivity index (χ2n) is 35.5. The summed E-state index contributed by atoms with van der Waals surface area (Å²) in [6.45, 7) is 4.64. The van der Waals surface area contributed by atoms with Crippen LogP contribution in [0.3, 0.4) is 0 Å². The number of fused-ring (bicyclic) bond motifs is 20. The SMILES string of the molecule is CC1(C)c2ccccc2-c2cc3c4ccccc4n(-c4nc(-c5ccccc5)nc(-c5ccccc5)n4)c3cc21.c1ccc(-c2nc(-c3ccccc3)nc(-c3ccc(-n4c5ccccc5c5cc(-c6cccc7c6sc6ccccc67)ccc54)cc3)n2)cc1.c1ccc(-c2nc(-c3ccccc3)nc(-n3c4ccc(-c5ccc6sc7ccccc7c6c5)cc4c4c5ccccc5ccc43)n2)cc1. The fraction of sp³-hybridized carbons (Fsp3) is 0.0242. The highest BCUT2D eigenvalue weighted by molar-refractivity contribution is 7.26. The van der Waals surface area contributed by atoms with E-state index in [0.29, 0.717) is 52.7 Å². The van der Waals surface area contributed by atoms with Gasteiger partial charge in [-0.05, 0) is 158 Å². The molecule has 8 heterocycles. The summed E-state index contributed by atoms with van der Waals surface area (Å²) in [6.07, 6.45) is 0. The number of para-hydroxylation sites is 2. The quantitative estimate of drug-likeness (QED) is 0.117. The number of aromatic nitrogens is 12. The predicted molar refractivity (Wildman–Crippen MR) is 572 cm³/mol. The van der Waals surface area contributed by atoms with Crippen LogP contribution in [-0.2, 0) is 5.41 Å². The van der Waals surface area contributed by atoms with Crippen LogP contribution in [0.1, 0.15) is 25.0 Å². The third kappa shape index (κ3) is 14.1. The molecule has 0 spiro atoms. The molecule has 0 atom stereocenters. The monoisotopic (exact) mass is 1800 g/mol. The van der Waals surface area contributed by atoms with Gasteiger partial charge in [0.05, 0.1) is 33.1 Å². The van der Waals surface area contributed by atoms with Crippen LogP contribution in [0.2, 0.25) is 0 Å². The number of hydrogen-bond donors (Lipinski definition) is 0. The first-order valence-corrected chi connectivity index (χ1v) is 48.0. The van der Waals surface area contributed by atoms with Gasteiger partial charge in [-0.3, -0.25) is 9.13 Å². The molecule has 12 nitrogen and oxygen atoms in total. The lowest BCUT2D eigenvalue weighted by Gasteiger charge is -2.21. The zero-order chi connectivity index (χ0) is 91.5. The lowest BCUT2D eigenvalue weighted by atomic mass is 9.82. The Bertz CT molecular complexity index is 9310. The van der Waals surface area contributed by atoms with Crippen molar-refractivity contribution in [2.24, 2.45) is 0 Å². The highest BCUT2D eigenvalue weighted by Crippen LogP contribution is 2.52. The standard InChI is InChI=1S/C45H28N4S.C43H26N4S.C36H26N4/c1-3-12-29(13-4-1)43-46-44(30-14-5-2-6-15-30)48-45(47-43)31-22-25-33(26-23-31)49-39-20-9-7-16-35(39)38-28-32(24-27-40(38)49)34-18-11-19-37-36-17-8-10-21-41(36)50-42(34)37;1-3-12-28(13-4-1)41-44-42(29-14-5-2-6-15-29)46-43(45-41)47-36-22-20-30(26-35(36)40-32-16-8-7-11-27(32)19-23-37(40)47)31-21-24-39-34(25-31)33-17-9-10-18-38(33)48-39;1-36(2)29-19-11-9-17-25(29)27-21-28-26-18-10-12-20-31(26)40(32(28)22-30(27)36)35-38-33(23-13-5-3-6-14-23)37-34(39-35)24-15-7-4-8-16-24/h1-28H;1-26H;3-22H,1-2H3. The van der Waals surface area contributed by atoms with E-state index < -0.39 is 0 Å². The van der Waals surface area contributed by atoms with Gasteiger partial charge < -0.3 is 4.57 Å². The van der Waals surface area contributed by atoms with Crippen LogP contribution < -0.4 is 0 Å². The minimum atomic E-state index is -0.106. The Labute approximate surface area is 801 Å². The van der Waals surface area contributed by atoms with Crippen LogP contribution in [0.5, 0.6) is 0 Å². The molecule has 0 aliphatic heterocycles. The molecule has 19 aromatic carbocycles. The molecule has 0 radical (unpaired) electrons. The van der Waals surface area contributed by atoms with E-state index in [2.05, 4.69) is 294 Å². The first kappa shape index (κ1) is 81.1. The van der Waals surface area contributed by atoms with Crippen LogP contribution in [0.15, 0.2) is 449 Å². The topological polar surface area (TPSA) is 131 Å². The van der Waals surface area contributed by atoms with Crippen molar-refractivity contribution in [2.75, 3.05) is 0 Å². The average molecular weight is 1800 g/mol. The van der Waals surface area contributed by atoms with Gasteiger partial charge in [0.15, 0.2) is 40.8 Å². The number of nitrogens with zero attached hydrogens (tertiary/aromatic N) is 12. The molecule has 0 bridgehead atoms. The highest BCUT2D eigenvalue weighted by atomic mass is 32.1. The summed E-state index contributed by atoms with van der Waals surface area (Å²) in [5, 5.41) is 14.8. The van der Waals surface area contributed by atoms with Crippen molar-refractivity contribution in [3.8, 4) is 131 Å². The van der Waals surface area contributed by atoms with Crippen LogP contribution >= 0.6 is 22.7 Å². The molecule has 0 saturated carbocycles. The zero-order valence-electron chi connectivity index (χ0n) is 74.9. The molecule has 0 saturated heterocycles. The van der Waals surface area contributed by atoms with Crippen molar-refractivity contribution < 1.29 is 0 Å². The zero-order valence-corrected chi connectivity index (χ0v) is 76.5. The molecule has 1 aliphatic rings. The molecular formula is C124H80N12S2. The lowest BCUT2D eigenvalue weighted by Crippen LogP contribution is -2.15. The molecule has 27 aromatic rings. The molecular weight excluding hydrogens is 1720 g/mol. The Morgan fingerprint density at radius 3 is 1.11 bits per heavy atom. The van der Waals surface area contributed by atoms with Crippen LogP contribution in [0, 0.1) is 0 Å². The van der Waals surface area contributed by atoms with Gasteiger partial charge in [-0.1, -0.05) is 360 Å². The summed E-state index contributed by atoms with van der Waals surface area (Å²) >= 11 is 3.72. The van der Waals surface area contributed by atoms with Gasteiger partial charge in [0.1, 0.15) is 0 Å². The van der Waals surface area contributed by atoms with Gasteiger partial charge in [0.25, 0.3) is 0 Å². The Morgan fingerprint density at radius 1 is 0.196 bits per heavy atom. The van der Waals surface area contributed by atoms with Crippen molar-refractivity contribution in [2.45, 2.75) is 19.3 Å². The number of thiophene rings is 2. The number of hydrogen-bond acceptors (Lipinski definition) is 11. The smallest absolute Gasteiger partial charge is 0.238 e. The molecule has 8 aromatic heterocycles. The van der Waals surface area contributed by atoms with Gasteiger partial charge in [-0.15, -0.1) is 22.7 Å². The van der Waals surface area contributed by atoms with E-state index in [1.165, 1.54) is 134 Å². The van der Waals surface area contributed by atoms with Gasteiger partial charge in [0.2, 0.25) is 11.9 Å². The van der Waals surface area contributed by atoms with E-state index in [1.54, 1.807) is 0 Å². The predicted octanol–water partition coefficient (Wildman–Crippen LogP) is 32.1. The van der Waals surface area contributed by atoms with Crippen LogP contribution in [-0.4, -0.2) is 58.6 Å². The summed E-state index contributed by atoms with van der Waals surface area (Å²) < 4.78 is 12.0. The maximum Gasteiger partial charge on any atom is 0.238 e. The molecule has 14 heteroatoms. The Kier molecular flexibility index (Phi) is 19.7. The summed E-state index contributed by atoms with van der Waals surface area (Å²) in [4.78, 5) is 45.0. The van der Waals surface area contributed by atoms with E-state index in [1.807, 2.05) is 205 Å². The molecule has 1 aliphatic carbocycles. The normalized spacial score (nSPS) is 12.2. The van der Waals surface area contributed by atoms with Crippen LogP contribution in [0.25, 0.3) is 247 Å². The summed E-state index contributed by atoms with van der Waals surface area (Å²) in [7, 11) is 0. The van der Waals surface area contributed by atoms with E-state index in [9.17, 15) is 0 Å². The Morgan fingerprint density at radius 2 is 0.558 bits per heavy atom. The van der Waals surface area contributed by atoms with Crippen LogP contribution in [0.4, 0.5) is 0 Å². The van der Waals surface area contributed by atoms with Crippen molar-refractivity contribution >= 4 is 139 Å². The number of benzene rings is 19. The Balaban J connectivity index is 0.000000108. The minimum Gasteiger partial charge on any atom is -0.309 e. The second kappa shape index (κ2) is 33.5. The molecule has 0 fully saturated rings. The molecule has 138 heavy (non-hydrogen) atoms. The van der Waals surface area contributed by atoms with Gasteiger partial charge in [-0.2, -0.15) is 19.9 Å². The average Bonchev–Trinajstić information content (AvgIpc) is 1.54. The van der Waals surface area contributed by atoms with Gasteiger partial charge in [0, 0.05) is 123 Å². The summed E-state index contributed by atoms with van der Waals surface area (Å²) in [5.74, 6) is 5.77. The molecule has 648 valence electrons. The van der Waals surface area contributed by atoms with E-state index in [-0.39, 0.29) is 5.41 Å². The number of rotatable bonds is 12. The van der Waals surface area contributed by atoms with Crippen molar-refractivity contribution in [3.05, 3.63) is 460 Å². The van der Waals surface area contributed by atoms with Gasteiger partial charge in [-0.25, -0.2) is 24.9 Å². The fourth-order valence-corrected chi connectivity index (χ4v) is 22.7. The molecule has 0 N–H and O–H groups in total. The highest BCUT2D eigenvalue weighted by Gasteiger charge is 2.37. The minimum absolute atomic E-state index is 0.106. The molecule has 0 amide bonds. The van der Waals surface area contributed by atoms with Crippen molar-refractivity contribution in [1.82, 2.24) is 58.6 Å². The largest absolute Gasteiger partial charge is 0.309 e. The molecule has 0 unspecified atom stereocenters. The Hall–Kier alpha value is -17.7. The van der Waals surface area contributed by atoms with E-state index >= 15 is 0 Å². The maximum absolute atomic E-state index is 5.13. The molecule has 28 rings (SSSR count). The van der Waals surface area contributed by atoms with E-state index in [0.717, 1.165) is 72.1 Å². The maximum atomic E-state index is 5.13. The fourth-order valence-electron chi connectivity index (χ4n) is 20.4. The first-order chi connectivity index (χ1) is 68.2. The second-order valence-corrected chi connectivity index (χ2v) is 37.6. The summed E-state index contributed by atoms with van der Waals surface area (Å²) in [5.41, 5.74) is 24.5. The summed E-state index contributed by atoms with van der Waals surface area (Å²) in [6, 6.07) is 158. The van der Waals surface area contributed by atoms with Crippen molar-refractivity contribution in [3.63, 3.8) is 0 Å². The van der Waals surface area contributed by atoms with E-state index in [4.69, 9.17) is 44.9 Å². The van der Waals surface area contributed by atoms with Gasteiger partial charge >= 0.3 is 0 Å². The lowest BCUT2D eigenvalue weighted by molar-refractivity contribution is 0.661. The van der Waals surface area contributed by atoms with Crippen molar-refractivity contribution in [1.29, 1.82) is 0 Å².